The number of fused-ring (bicyclic) bond motifs is 1. The minimum absolute atomic E-state index is 0.00117. The monoisotopic (exact) mass is 666 g/mol. The molecule has 7 atom stereocenters. The lowest BCUT2D eigenvalue weighted by atomic mass is 9.91. The van der Waals surface area contributed by atoms with E-state index in [1.54, 1.807) is 0 Å². The molecule has 216 valence electrons. The van der Waals surface area contributed by atoms with E-state index < -0.39 is 24.1 Å². The normalized spacial score (nSPS) is 32.3. The van der Waals surface area contributed by atoms with Crippen molar-refractivity contribution < 1.29 is 46.4 Å². The Labute approximate surface area is 239 Å². The molecule has 4 fully saturated rings. The molecule has 3 heterocycles. The fourth-order valence-corrected chi connectivity index (χ4v) is 6.18. The number of alkyl halides is 3. The van der Waals surface area contributed by atoms with Crippen LogP contribution in [0.15, 0.2) is 30.4 Å². The molecular weight excluding hydrogens is 632 g/mol. The summed E-state index contributed by atoms with van der Waals surface area (Å²) in [6.45, 7) is 1.26. The van der Waals surface area contributed by atoms with E-state index in [2.05, 4.69) is 0 Å². The van der Waals surface area contributed by atoms with Gasteiger partial charge in [-0.05, 0) is 79.3 Å². The summed E-state index contributed by atoms with van der Waals surface area (Å²) < 4.78 is 75.9. The van der Waals surface area contributed by atoms with Gasteiger partial charge in [0.25, 0.3) is 0 Å². The van der Waals surface area contributed by atoms with Crippen molar-refractivity contribution in [2.45, 2.75) is 88.4 Å². The number of ether oxygens (including phenoxy) is 6. The van der Waals surface area contributed by atoms with Crippen molar-refractivity contribution in [3.63, 3.8) is 0 Å². The van der Waals surface area contributed by atoms with Crippen LogP contribution in [0.4, 0.5) is 13.2 Å². The molecule has 3 saturated heterocycles. The Kier molecular flexibility index (Phi) is 9.74. The summed E-state index contributed by atoms with van der Waals surface area (Å²) in [6, 6.07) is 3.44. The Balaban J connectivity index is 1.31. The lowest BCUT2D eigenvalue weighted by molar-refractivity contribution is -0.194. The van der Waals surface area contributed by atoms with Gasteiger partial charge in [0.15, 0.2) is 12.6 Å². The number of rotatable bonds is 9. The zero-order valence-corrected chi connectivity index (χ0v) is 23.7. The first-order valence-corrected chi connectivity index (χ1v) is 14.8. The van der Waals surface area contributed by atoms with Crippen LogP contribution >= 0.6 is 22.6 Å². The molecule has 1 aromatic carbocycles. The molecule has 2 unspecified atom stereocenters. The Morgan fingerprint density at radius 3 is 2.51 bits per heavy atom. The topological polar surface area (TPSA) is 72.5 Å². The van der Waals surface area contributed by atoms with E-state index in [0.717, 1.165) is 50.7 Å². The molecule has 0 amide bonds. The van der Waals surface area contributed by atoms with Crippen molar-refractivity contribution in [1.82, 2.24) is 0 Å². The van der Waals surface area contributed by atoms with Crippen LogP contribution in [0.3, 0.4) is 0 Å². The molecule has 0 radical (unpaired) electrons. The maximum absolute atomic E-state index is 13.3. The van der Waals surface area contributed by atoms with Gasteiger partial charge < -0.3 is 28.4 Å². The minimum atomic E-state index is -4.47. The van der Waals surface area contributed by atoms with Gasteiger partial charge >= 0.3 is 12.1 Å². The standard InChI is InChI=1S/C28H34F3IO7/c29-28(30,31)17-7-10-21(32)24(13-17)36-16-18(37-26-5-1-3-11-34-26)8-9-19-20-14-25(33)38-23(20)15-22(19)39-27-6-2-4-12-35-27/h7-10,13,18-20,22-23,26-27H,1-6,11-12,14-16H2/b9-8+/t18-,19-,20-,22-,23+,26?,27?/m1/s1. The summed E-state index contributed by atoms with van der Waals surface area (Å²) in [6.07, 6.45) is 4.20. The predicted molar refractivity (Wildman–Crippen MR) is 142 cm³/mol. The second kappa shape index (κ2) is 13.1. The van der Waals surface area contributed by atoms with Gasteiger partial charge in [0.1, 0.15) is 24.6 Å². The molecule has 1 saturated carbocycles. The summed E-state index contributed by atoms with van der Waals surface area (Å²) >= 11 is 1.96. The predicted octanol–water partition coefficient (Wildman–Crippen LogP) is 6.02. The van der Waals surface area contributed by atoms with Crippen molar-refractivity contribution in [3.05, 3.63) is 39.5 Å². The minimum Gasteiger partial charge on any atom is -0.489 e. The average molecular weight is 666 g/mol. The highest BCUT2D eigenvalue weighted by atomic mass is 127. The molecule has 11 heteroatoms. The molecule has 39 heavy (non-hydrogen) atoms. The molecule has 4 aliphatic rings. The first-order valence-electron chi connectivity index (χ1n) is 13.7. The summed E-state index contributed by atoms with van der Waals surface area (Å²) in [7, 11) is 0. The van der Waals surface area contributed by atoms with Gasteiger partial charge in [-0.1, -0.05) is 12.2 Å². The molecule has 1 aromatic rings. The largest absolute Gasteiger partial charge is 0.489 e. The van der Waals surface area contributed by atoms with Crippen molar-refractivity contribution in [3.8, 4) is 5.75 Å². The highest BCUT2D eigenvalue weighted by Gasteiger charge is 2.50. The second-order valence-corrected chi connectivity index (χ2v) is 11.7. The lowest BCUT2D eigenvalue weighted by Gasteiger charge is -2.29. The number of hydrogen-bond donors (Lipinski definition) is 0. The van der Waals surface area contributed by atoms with E-state index in [-0.39, 0.29) is 48.7 Å². The Morgan fingerprint density at radius 1 is 1.08 bits per heavy atom. The molecule has 7 nitrogen and oxygen atoms in total. The van der Waals surface area contributed by atoms with Gasteiger partial charge in [0, 0.05) is 31.5 Å². The van der Waals surface area contributed by atoms with E-state index >= 15 is 0 Å². The van der Waals surface area contributed by atoms with Crippen molar-refractivity contribution in [1.29, 1.82) is 0 Å². The number of carbonyl (C=O) groups excluding carboxylic acids is 1. The van der Waals surface area contributed by atoms with Gasteiger partial charge in [0.2, 0.25) is 0 Å². The van der Waals surface area contributed by atoms with Crippen LogP contribution in [0.5, 0.6) is 5.75 Å². The van der Waals surface area contributed by atoms with Gasteiger partial charge in [-0.3, -0.25) is 4.79 Å². The quantitative estimate of drug-likeness (QED) is 0.182. The first kappa shape index (κ1) is 29.1. The van der Waals surface area contributed by atoms with Gasteiger partial charge in [0.05, 0.1) is 21.7 Å². The highest BCUT2D eigenvalue weighted by molar-refractivity contribution is 14.1. The summed E-state index contributed by atoms with van der Waals surface area (Å²) in [5, 5.41) is 0. The van der Waals surface area contributed by atoms with Crippen LogP contribution in [0.1, 0.15) is 56.9 Å². The first-order chi connectivity index (χ1) is 18.8. The van der Waals surface area contributed by atoms with Crippen LogP contribution in [0, 0.1) is 15.4 Å². The van der Waals surface area contributed by atoms with Crippen LogP contribution in [0.2, 0.25) is 0 Å². The summed E-state index contributed by atoms with van der Waals surface area (Å²) in [5.74, 6) is -0.178. The van der Waals surface area contributed by atoms with Gasteiger partial charge in [-0.15, -0.1) is 0 Å². The molecule has 0 aromatic heterocycles. The molecule has 0 bridgehead atoms. The van der Waals surface area contributed by atoms with Crippen molar-refractivity contribution in [2.24, 2.45) is 11.8 Å². The van der Waals surface area contributed by atoms with Crippen LogP contribution in [-0.4, -0.2) is 56.7 Å². The number of esters is 1. The third kappa shape index (κ3) is 7.66. The fraction of sp³-hybridized carbons (Fsp3) is 0.679. The summed E-state index contributed by atoms with van der Waals surface area (Å²) in [4.78, 5) is 12.0. The van der Waals surface area contributed by atoms with E-state index in [9.17, 15) is 18.0 Å². The zero-order chi connectivity index (χ0) is 27.4. The zero-order valence-electron chi connectivity index (χ0n) is 21.6. The third-order valence-corrected chi connectivity index (χ3v) is 8.58. The SMILES string of the molecule is O=C1C[C@@H]2[C@@H](/C=C/[C@H](COc3cc(C(F)(F)F)ccc3I)OC3CCCCO3)[C@H](OC3CCCCO3)C[C@@H]2O1. The Morgan fingerprint density at radius 2 is 1.82 bits per heavy atom. The van der Waals surface area contributed by atoms with Crippen molar-refractivity contribution >= 4 is 28.6 Å². The van der Waals surface area contributed by atoms with Crippen LogP contribution in [-0.2, 0) is 34.7 Å². The molecule has 0 spiro atoms. The smallest absolute Gasteiger partial charge is 0.416 e. The fourth-order valence-electron chi connectivity index (χ4n) is 5.69. The molecule has 3 aliphatic heterocycles. The Bertz CT molecular complexity index is 1010. The number of carbonyl (C=O) groups is 1. The third-order valence-electron chi connectivity index (χ3n) is 7.69. The maximum Gasteiger partial charge on any atom is 0.416 e. The number of benzene rings is 1. The van der Waals surface area contributed by atoms with E-state index in [1.807, 2.05) is 34.7 Å². The molecule has 5 rings (SSSR count). The van der Waals surface area contributed by atoms with E-state index in [4.69, 9.17) is 28.4 Å². The molecule has 1 aliphatic carbocycles. The molecular formula is C28H34F3IO7. The molecule has 0 N–H and O–H groups in total. The van der Waals surface area contributed by atoms with Crippen LogP contribution < -0.4 is 4.74 Å². The maximum atomic E-state index is 13.3. The second-order valence-electron chi connectivity index (χ2n) is 10.5. The highest BCUT2D eigenvalue weighted by Crippen LogP contribution is 2.44. The lowest BCUT2D eigenvalue weighted by Crippen LogP contribution is -2.32. The average Bonchev–Trinajstić information content (AvgIpc) is 3.42. The van der Waals surface area contributed by atoms with Crippen LogP contribution in [0.25, 0.3) is 0 Å². The van der Waals surface area contributed by atoms with Gasteiger partial charge in [-0.2, -0.15) is 13.2 Å². The van der Waals surface area contributed by atoms with E-state index in [0.29, 0.717) is 29.6 Å². The number of hydrogen-bond acceptors (Lipinski definition) is 7. The van der Waals surface area contributed by atoms with E-state index in [1.165, 1.54) is 6.07 Å². The van der Waals surface area contributed by atoms with Crippen molar-refractivity contribution in [2.75, 3.05) is 19.8 Å². The number of halogens is 4. The Hall–Kier alpha value is -1.41. The summed E-state index contributed by atoms with van der Waals surface area (Å²) in [5.41, 5.74) is -0.769. The van der Waals surface area contributed by atoms with Gasteiger partial charge in [-0.25, -0.2) is 0 Å².